The highest BCUT2D eigenvalue weighted by molar-refractivity contribution is 6.04. The lowest BCUT2D eigenvalue weighted by atomic mass is 10.0. The molecule has 6 heteroatoms. The lowest BCUT2D eigenvalue weighted by Gasteiger charge is -2.09. The van der Waals surface area contributed by atoms with Crippen molar-refractivity contribution in [2.24, 2.45) is 0 Å². The van der Waals surface area contributed by atoms with Crippen LogP contribution in [0.2, 0.25) is 0 Å². The van der Waals surface area contributed by atoms with Gasteiger partial charge in [-0.25, -0.2) is 4.79 Å². The Morgan fingerprint density at radius 1 is 1.16 bits per heavy atom. The van der Waals surface area contributed by atoms with E-state index in [4.69, 9.17) is 9.47 Å². The summed E-state index contributed by atoms with van der Waals surface area (Å²) in [6, 6.07) is 4.22. The van der Waals surface area contributed by atoms with Gasteiger partial charge >= 0.3 is 5.97 Å². The number of phenols is 2. The third-order valence-corrected chi connectivity index (χ3v) is 2.99. The zero-order valence-corrected chi connectivity index (χ0v) is 9.97. The smallest absolute Gasteiger partial charge is 0.341 e. The summed E-state index contributed by atoms with van der Waals surface area (Å²) in [5.41, 5.74) is -0.105. The number of esters is 1. The Labute approximate surface area is 107 Å². The maximum absolute atomic E-state index is 11.5. The standard InChI is InChI=1S/C13H10O6/c1-17-13(16)8-2-9(14)6-3-10-11(19-5-18-10)4-7(6)12(8)15/h2-4,14-15H,5H2,1H3. The zero-order valence-electron chi connectivity index (χ0n) is 9.97. The molecule has 0 unspecified atom stereocenters. The summed E-state index contributed by atoms with van der Waals surface area (Å²) in [4.78, 5) is 11.5. The highest BCUT2D eigenvalue weighted by Crippen LogP contribution is 2.43. The van der Waals surface area contributed by atoms with Crippen LogP contribution >= 0.6 is 0 Å². The Morgan fingerprint density at radius 2 is 1.79 bits per heavy atom. The maximum atomic E-state index is 11.5. The van der Waals surface area contributed by atoms with Gasteiger partial charge in [-0.3, -0.25) is 0 Å². The first kappa shape index (κ1) is 11.5. The van der Waals surface area contributed by atoms with Gasteiger partial charge in [0, 0.05) is 10.8 Å². The number of benzene rings is 2. The Morgan fingerprint density at radius 3 is 2.42 bits per heavy atom. The Bertz CT molecular complexity index is 691. The van der Waals surface area contributed by atoms with E-state index in [2.05, 4.69) is 4.74 Å². The van der Waals surface area contributed by atoms with Crippen LogP contribution in [0.1, 0.15) is 10.4 Å². The van der Waals surface area contributed by atoms with Gasteiger partial charge in [0.1, 0.15) is 17.1 Å². The number of hydrogen-bond donors (Lipinski definition) is 2. The molecule has 98 valence electrons. The summed E-state index contributed by atoms with van der Waals surface area (Å²) >= 11 is 0. The first-order valence-corrected chi connectivity index (χ1v) is 5.48. The van der Waals surface area contributed by atoms with Crippen LogP contribution in [0, 0.1) is 0 Å². The third kappa shape index (κ3) is 1.61. The van der Waals surface area contributed by atoms with E-state index in [1.54, 1.807) is 6.07 Å². The minimum absolute atomic E-state index is 0.0804. The average molecular weight is 262 g/mol. The number of phenolic OH excluding ortho intramolecular Hbond substituents is 2. The van der Waals surface area contributed by atoms with Crippen molar-refractivity contribution in [3.05, 3.63) is 23.8 Å². The van der Waals surface area contributed by atoms with Crippen LogP contribution in [0.4, 0.5) is 0 Å². The lowest BCUT2D eigenvalue weighted by Crippen LogP contribution is -2.01. The van der Waals surface area contributed by atoms with Crippen molar-refractivity contribution >= 4 is 16.7 Å². The molecule has 0 bridgehead atoms. The van der Waals surface area contributed by atoms with E-state index in [1.807, 2.05) is 0 Å². The monoisotopic (exact) mass is 262 g/mol. The molecule has 2 N–H and O–H groups in total. The van der Waals surface area contributed by atoms with E-state index < -0.39 is 5.97 Å². The van der Waals surface area contributed by atoms with Gasteiger partial charge in [0.2, 0.25) is 6.79 Å². The van der Waals surface area contributed by atoms with Crippen LogP contribution in [0.5, 0.6) is 23.0 Å². The fraction of sp³-hybridized carbons (Fsp3) is 0.154. The second-order valence-electron chi connectivity index (χ2n) is 4.03. The van der Waals surface area contributed by atoms with Gasteiger partial charge in [-0.15, -0.1) is 0 Å². The summed E-state index contributed by atoms with van der Waals surface area (Å²) < 4.78 is 14.9. The van der Waals surface area contributed by atoms with Crippen LogP contribution < -0.4 is 9.47 Å². The molecule has 0 saturated carbocycles. The fourth-order valence-corrected chi connectivity index (χ4v) is 2.04. The molecule has 0 spiro atoms. The Hall–Kier alpha value is -2.63. The van der Waals surface area contributed by atoms with Crippen molar-refractivity contribution in [1.82, 2.24) is 0 Å². The van der Waals surface area contributed by atoms with Crippen molar-refractivity contribution in [3.8, 4) is 23.0 Å². The number of rotatable bonds is 1. The summed E-state index contributed by atoms with van der Waals surface area (Å²) in [6.45, 7) is 0.0804. The van der Waals surface area contributed by atoms with Gasteiger partial charge in [-0.1, -0.05) is 0 Å². The number of fused-ring (bicyclic) bond motifs is 2. The minimum Gasteiger partial charge on any atom is -0.507 e. The van der Waals surface area contributed by atoms with Gasteiger partial charge in [-0.2, -0.15) is 0 Å². The predicted octanol–water partition coefficient (Wildman–Crippen LogP) is 1.77. The van der Waals surface area contributed by atoms with Crippen molar-refractivity contribution in [1.29, 1.82) is 0 Å². The van der Waals surface area contributed by atoms with Crippen molar-refractivity contribution in [3.63, 3.8) is 0 Å². The number of ether oxygens (including phenoxy) is 3. The summed E-state index contributed by atoms with van der Waals surface area (Å²) in [7, 11) is 1.20. The molecule has 6 nitrogen and oxygen atoms in total. The molecule has 2 aromatic rings. The highest BCUT2D eigenvalue weighted by Gasteiger charge is 2.22. The van der Waals surface area contributed by atoms with Crippen molar-refractivity contribution in [2.75, 3.05) is 13.9 Å². The number of carbonyl (C=O) groups excluding carboxylic acids is 1. The maximum Gasteiger partial charge on any atom is 0.341 e. The zero-order chi connectivity index (χ0) is 13.6. The van der Waals surface area contributed by atoms with E-state index in [1.165, 1.54) is 13.2 Å². The van der Waals surface area contributed by atoms with Gasteiger partial charge in [0.25, 0.3) is 0 Å². The SMILES string of the molecule is COC(=O)c1cc(O)c2cc3c(cc2c1O)OCO3. The van der Waals surface area contributed by atoms with Crippen LogP contribution in [0.15, 0.2) is 18.2 Å². The molecule has 2 aromatic carbocycles. The van der Waals surface area contributed by atoms with Crippen molar-refractivity contribution < 1.29 is 29.2 Å². The van der Waals surface area contributed by atoms with Gasteiger partial charge in [0.15, 0.2) is 11.5 Å². The second-order valence-corrected chi connectivity index (χ2v) is 4.03. The Kier molecular flexibility index (Phi) is 2.38. The number of carbonyl (C=O) groups is 1. The van der Waals surface area contributed by atoms with E-state index in [-0.39, 0.29) is 23.9 Å². The number of hydrogen-bond acceptors (Lipinski definition) is 6. The normalized spacial score (nSPS) is 12.7. The van der Waals surface area contributed by atoms with Crippen LogP contribution in [0.25, 0.3) is 10.8 Å². The second kappa shape index (κ2) is 3.94. The molecule has 0 amide bonds. The topological polar surface area (TPSA) is 85.2 Å². The lowest BCUT2D eigenvalue weighted by molar-refractivity contribution is 0.0597. The van der Waals surface area contributed by atoms with Crippen LogP contribution in [-0.4, -0.2) is 30.1 Å². The molecule has 0 aliphatic carbocycles. The molecule has 1 aliphatic rings. The minimum atomic E-state index is -0.729. The molecular formula is C13H10O6. The predicted molar refractivity (Wildman–Crippen MR) is 64.7 cm³/mol. The average Bonchev–Trinajstić information content (AvgIpc) is 2.87. The highest BCUT2D eigenvalue weighted by atomic mass is 16.7. The first-order valence-electron chi connectivity index (χ1n) is 5.48. The van der Waals surface area contributed by atoms with E-state index >= 15 is 0 Å². The number of methoxy groups -OCH3 is 1. The quantitative estimate of drug-likeness (QED) is 0.601. The summed E-state index contributed by atoms with van der Waals surface area (Å²) in [5.74, 6) is -0.214. The van der Waals surface area contributed by atoms with Crippen LogP contribution in [0.3, 0.4) is 0 Å². The molecule has 0 radical (unpaired) electrons. The Balaban J connectivity index is 2.33. The summed E-state index contributed by atoms with van der Waals surface area (Å²) in [6.07, 6.45) is 0. The van der Waals surface area contributed by atoms with Crippen molar-refractivity contribution in [2.45, 2.75) is 0 Å². The molecule has 0 atom stereocenters. The van der Waals surface area contributed by atoms with Crippen LogP contribution in [-0.2, 0) is 4.74 Å². The molecule has 1 aliphatic heterocycles. The molecule has 1 heterocycles. The molecule has 19 heavy (non-hydrogen) atoms. The fourth-order valence-electron chi connectivity index (χ4n) is 2.04. The van der Waals surface area contributed by atoms with Gasteiger partial charge < -0.3 is 24.4 Å². The van der Waals surface area contributed by atoms with E-state index in [9.17, 15) is 15.0 Å². The van der Waals surface area contributed by atoms with Gasteiger partial charge in [0.05, 0.1) is 7.11 Å². The molecule has 0 saturated heterocycles. The molecule has 3 rings (SSSR count). The molecule has 0 aromatic heterocycles. The third-order valence-electron chi connectivity index (χ3n) is 2.99. The molecule has 0 fully saturated rings. The first-order chi connectivity index (χ1) is 9.11. The number of aromatic hydroxyl groups is 2. The van der Waals surface area contributed by atoms with E-state index in [0.717, 1.165) is 6.07 Å². The van der Waals surface area contributed by atoms with Gasteiger partial charge in [-0.05, 0) is 18.2 Å². The largest absolute Gasteiger partial charge is 0.507 e. The molecular weight excluding hydrogens is 252 g/mol. The summed E-state index contributed by atoms with van der Waals surface area (Å²) in [5, 5.41) is 20.7. The van der Waals surface area contributed by atoms with E-state index in [0.29, 0.717) is 22.3 Å².